The van der Waals surface area contributed by atoms with Crippen LogP contribution in [-0.2, 0) is 6.54 Å². The van der Waals surface area contributed by atoms with Crippen molar-refractivity contribution in [2.24, 2.45) is 5.84 Å². The van der Waals surface area contributed by atoms with Crippen molar-refractivity contribution in [2.75, 3.05) is 4.31 Å². The Labute approximate surface area is 176 Å². The van der Waals surface area contributed by atoms with Crippen LogP contribution < -0.4 is 15.6 Å². The third kappa shape index (κ3) is 5.28. The first-order valence-corrected chi connectivity index (χ1v) is 11.3. The van der Waals surface area contributed by atoms with Crippen molar-refractivity contribution >= 4 is 34.6 Å². The molecule has 1 unspecified atom stereocenters. The summed E-state index contributed by atoms with van der Waals surface area (Å²) in [4.78, 5) is 4.62. The maximum atomic E-state index is 9.21. The van der Waals surface area contributed by atoms with E-state index < -0.39 is 0 Å². The molecule has 3 N–H and O–H groups in total. The Morgan fingerprint density at radius 3 is 2.72 bits per heavy atom. The molecule has 1 aromatic heterocycles. The molecule has 0 amide bonds. The number of nitrogens with two attached hydrogens (primary N) is 1. The lowest BCUT2D eigenvalue weighted by atomic mass is 9.43. The van der Waals surface area contributed by atoms with Crippen molar-refractivity contribution in [1.29, 1.82) is 5.26 Å². The van der Waals surface area contributed by atoms with E-state index in [4.69, 9.17) is 5.84 Å². The van der Waals surface area contributed by atoms with Crippen molar-refractivity contribution in [1.82, 2.24) is 10.4 Å². The molecule has 0 aliphatic carbocycles. The molecule has 1 fully saturated rings. The minimum Gasteiger partial charge on any atom is -0.324 e. The van der Waals surface area contributed by atoms with Crippen molar-refractivity contribution in [3.63, 3.8) is 0 Å². The van der Waals surface area contributed by atoms with E-state index in [-0.39, 0.29) is 17.4 Å². The highest BCUT2D eigenvalue weighted by atomic mass is 32.2. The van der Waals surface area contributed by atoms with E-state index in [1.807, 2.05) is 12.1 Å². The number of pyridine rings is 1. The number of aryl methyl sites for hydroxylation is 1. The van der Waals surface area contributed by atoms with Gasteiger partial charge in [-0.3, -0.25) is 10.8 Å². The predicted molar refractivity (Wildman–Crippen MR) is 127 cm³/mol. The summed E-state index contributed by atoms with van der Waals surface area (Å²) in [5, 5.41) is 9.71. The quantitative estimate of drug-likeness (QED) is 0.313. The van der Waals surface area contributed by atoms with Crippen LogP contribution in [0.4, 0.5) is 5.69 Å². The monoisotopic (exact) mass is 405 g/mol. The molecule has 0 saturated carbocycles. The van der Waals surface area contributed by atoms with E-state index >= 15 is 0 Å². The molecule has 1 atom stereocenters. The number of aromatic nitrogens is 1. The first-order chi connectivity index (χ1) is 14.0. The van der Waals surface area contributed by atoms with E-state index in [2.05, 4.69) is 64.3 Å². The lowest BCUT2D eigenvalue weighted by Crippen LogP contribution is -2.28. The van der Waals surface area contributed by atoms with Gasteiger partial charge in [-0.25, -0.2) is 5.26 Å². The van der Waals surface area contributed by atoms with E-state index in [0.29, 0.717) is 17.5 Å². The van der Waals surface area contributed by atoms with Crippen LogP contribution in [0.2, 0.25) is 12.6 Å². The number of rotatable bonds is 7. The Hall–Kier alpha value is -2.56. The van der Waals surface area contributed by atoms with Crippen LogP contribution in [0.5, 0.6) is 0 Å². The van der Waals surface area contributed by atoms with Crippen molar-refractivity contribution < 1.29 is 0 Å². The lowest BCUT2D eigenvalue weighted by Gasteiger charge is -2.35. The van der Waals surface area contributed by atoms with Crippen molar-refractivity contribution in [3.05, 3.63) is 66.0 Å². The molecule has 0 spiro atoms. The third-order valence-electron chi connectivity index (χ3n) is 5.47. The van der Waals surface area contributed by atoms with Gasteiger partial charge in [0.1, 0.15) is 0 Å². The van der Waals surface area contributed by atoms with E-state index in [1.165, 1.54) is 11.3 Å². The molecule has 1 aliphatic rings. The molecule has 5 nitrogen and oxygen atoms in total. The van der Waals surface area contributed by atoms with Crippen LogP contribution in [0.25, 0.3) is 5.70 Å². The summed E-state index contributed by atoms with van der Waals surface area (Å²) in [5.74, 6) is 12.4. The van der Waals surface area contributed by atoms with Crippen LogP contribution in [0.3, 0.4) is 0 Å². The molecule has 1 saturated heterocycles. The number of anilines is 1. The zero-order valence-corrected chi connectivity index (χ0v) is 17.8. The fourth-order valence-corrected chi connectivity index (χ4v) is 5.52. The molecular formula is C22H28BN5S. The van der Waals surface area contributed by atoms with Crippen molar-refractivity contribution in [3.8, 4) is 5.97 Å². The first kappa shape index (κ1) is 21.2. The standard InChI is InChI=1S/C22H28BN5S/c1-17-5-4-6-21(13-17)28(29(3)22-9-11-23(16-24)12-10-22)15-20-8-7-19(14-26-20)18(2)27-25/h4-8,13-14,22,27H,2-3,9-12,15,25H2,1H3. The number of nitrogens with one attached hydrogen (secondary N) is 1. The van der Waals surface area contributed by atoms with Gasteiger partial charge in [0, 0.05) is 28.7 Å². The molecule has 3 rings (SSSR count). The van der Waals surface area contributed by atoms with Crippen LogP contribution in [0, 0.1) is 18.2 Å². The average molecular weight is 405 g/mol. The number of benzene rings is 1. The van der Waals surface area contributed by atoms with Gasteiger partial charge >= 0.3 is 0 Å². The summed E-state index contributed by atoms with van der Waals surface area (Å²) in [6.45, 7) is 6.88. The SMILES string of the molecule is C=C(NN)c1ccc(CN(c2cccc(C)c2)S(=C)C2CCB(C#N)CC2)nc1. The molecule has 7 heteroatoms. The lowest BCUT2D eigenvalue weighted by molar-refractivity contribution is 0.743. The molecule has 0 bridgehead atoms. The molecule has 2 heterocycles. The second-order valence-corrected chi connectivity index (χ2v) is 9.45. The van der Waals surface area contributed by atoms with Gasteiger partial charge in [0.2, 0.25) is 0 Å². The van der Waals surface area contributed by atoms with Gasteiger partial charge in [-0.2, -0.15) is 0 Å². The molecule has 150 valence electrons. The zero-order chi connectivity index (χ0) is 20.8. The number of nitrogens with zero attached hydrogens (tertiary/aromatic N) is 3. The Morgan fingerprint density at radius 2 is 2.14 bits per heavy atom. The Kier molecular flexibility index (Phi) is 7.13. The fourth-order valence-electron chi connectivity index (χ4n) is 3.66. The second kappa shape index (κ2) is 9.77. The average Bonchev–Trinajstić information content (AvgIpc) is 2.77. The number of hydrogen-bond donors (Lipinski definition) is 2. The number of hydrogen-bond acceptors (Lipinski definition) is 5. The van der Waals surface area contributed by atoms with Crippen molar-refractivity contribution in [2.45, 2.75) is 44.2 Å². The van der Waals surface area contributed by atoms with Gasteiger partial charge in [0.05, 0.1) is 17.9 Å². The number of nitriles is 1. The van der Waals surface area contributed by atoms with Crippen LogP contribution in [-0.4, -0.2) is 22.8 Å². The summed E-state index contributed by atoms with van der Waals surface area (Å²) in [6.07, 6.45) is 5.86. The van der Waals surface area contributed by atoms with Gasteiger partial charge in [0.25, 0.3) is 6.71 Å². The highest BCUT2D eigenvalue weighted by molar-refractivity contribution is 8.15. The molecule has 2 aromatic rings. The largest absolute Gasteiger partial charge is 0.324 e. The number of hydrazine groups is 1. The van der Waals surface area contributed by atoms with E-state index in [0.717, 1.165) is 36.7 Å². The molecule has 1 aromatic carbocycles. The highest BCUT2D eigenvalue weighted by Gasteiger charge is 2.28. The van der Waals surface area contributed by atoms with Gasteiger partial charge < -0.3 is 9.73 Å². The van der Waals surface area contributed by atoms with Gasteiger partial charge in [-0.05, 0) is 49.6 Å². The minimum absolute atomic E-state index is 0.203. The van der Waals surface area contributed by atoms with Crippen LogP contribution in [0.1, 0.15) is 29.7 Å². The van der Waals surface area contributed by atoms with Gasteiger partial charge in [-0.15, -0.1) is 0 Å². The Bertz CT molecular complexity index is 914. The first-order valence-electron chi connectivity index (χ1n) is 9.89. The van der Waals surface area contributed by atoms with Gasteiger partial charge in [0.15, 0.2) is 0 Å². The highest BCUT2D eigenvalue weighted by Crippen LogP contribution is 2.39. The second-order valence-electron chi connectivity index (χ2n) is 7.54. The molecular weight excluding hydrogens is 377 g/mol. The minimum atomic E-state index is -0.203. The van der Waals surface area contributed by atoms with Gasteiger partial charge in [-0.1, -0.05) is 47.9 Å². The Morgan fingerprint density at radius 1 is 1.38 bits per heavy atom. The normalized spacial score (nSPS) is 15.4. The van der Waals surface area contributed by atoms with Crippen LogP contribution >= 0.6 is 10.7 Å². The van der Waals surface area contributed by atoms with E-state index in [9.17, 15) is 5.26 Å². The predicted octanol–water partition coefficient (Wildman–Crippen LogP) is 4.17. The smallest absolute Gasteiger partial charge is 0.267 e. The third-order valence-corrected chi connectivity index (χ3v) is 7.61. The molecule has 1 aliphatic heterocycles. The Balaban J connectivity index is 1.83. The van der Waals surface area contributed by atoms with Crippen LogP contribution in [0.15, 0.2) is 49.2 Å². The summed E-state index contributed by atoms with van der Waals surface area (Å²) in [6, 6.07) is 12.6. The summed E-state index contributed by atoms with van der Waals surface area (Å²) in [5.41, 5.74) is 7.47. The molecule has 0 radical (unpaired) electrons. The van der Waals surface area contributed by atoms with E-state index in [1.54, 1.807) is 6.20 Å². The zero-order valence-electron chi connectivity index (χ0n) is 17.0. The summed E-state index contributed by atoms with van der Waals surface area (Å²) >= 11 is 0. The maximum absolute atomic E-state index is 9.21. The summed E-state index contributed by atoms with van der Waals surface area (Å²) in [7, 11) is -0.203. The maximum Gasteiger partial charge on any atom is 0.267 e. The molecule has 29 heavy (non-hydrogen) atoms. The summed E-state index contributed by atoms with van der Waals surface area (Å²) < 4.78 is 2.38. The topological polar surface area (TPSA) is 78.0 Å². The fraction of sp³-hybridized carbons (Fsp3) is 0.318.